The largest absolute Gasteiger partial charge is 0.507 e. The zero-order valence-electron chi connectivity index (χ0n) is 50.8. The number of carbonyl (C=O) groups is 1. The van der Waals surface area contributed by atoms with Gasteiger partial charge in [-0.3, -0.25) is 0 Å². The van der Waals surface area contributed by atoms with E-state index in [9.17, 15) is 20.1 Å². The lowest BCUT2D eigenvalue weighted by Crippen LogP contribution is -3.13. The molecule has 0 amide bonds. The lowest BCUT2D eigenvalue weighted by molar-refractivity contribution is -0.920. The Labute approximate surface area is 462 Å². The summed E-state index contributed by atoms with van der Waals surface area (Å²) < 4.78 is 13.1. The summed E-state index contributed by atoms with van der Waals surface area (Å²) in [5, 5.41) is 100. The number of aliphatic hydroxyl groups excluding tert-OH is 9. The molecule has 21 nitrogen and oxygen atoms in total. The Bertz CT molecular complexity index is 1340. The monoisotopic (exact) mass is 1100 g/mol. The summed E-state index contributed by atoms with van der Waals surface area (Å²) in [4.78, 5) is 12.0. The van der Waals surface area contributed by atoms with Crippen molar-refractivity contribution in [3.63, 3.8) is 0 Å². The quantitative estimate of drug-likeness (QED) is 0.0305. The first-order valence-electron chi connectivity index (χ1n) is 27.6. The SMILES string of the molecule is C=C(O)C[N+](C)(CCO)CCNC(C)C.C=C(O)C[N+](C)(CCO)CCNC(C)C.C=C(O)C[N+](C)(CCO)CCOC(C)C.C=C(O)C[NH+](CCO)CCOC(C)C.CCC[N+](CCO)(CCNC(C)C)CC(=O)O. The number of quaternary nitrogens is 5. The van der Waals surface area contributed by atoms with Gasteiger partial charge in [0.25, 0.3) is 0 Å². The van der Waals surface area contributed by atoms with Gasteiger partial charge in [-0.15, -0.1) is 0 Å². The molecule has 0 aliphatic carbocycles. The van der Waals surface area contributed by atoms with Gasteiger partial charge >= 0.3 is 5.97 Å². The molecule has 0 aromatic rings. The molecule has 456 valence electrons. The second-order valence-corrected chi connectivity index (χ2v) is 22.2. The van der Waals surface area contributed by atoms with E-state index in [2.05, 4.69) is 83.8 Å². The van der Waals surface area contributed by atoms with Crippen LogP contribution in [0.3, 0.4) is 0 Å². The number of nitrogens with one attached hydrogen (secondary N) is 4. The molecule has 0 saturated heterocycles. The maximum atomic E-state index is 10.9. The predicted molar refractivity (Wildman–Crippen MR) is 310 cm³/mol. The third-order valence-electron chi connectivity index (χ3n) is 11.8. The fraction of sp³-hybridized carbons (Fsp3) is 0.836. The van der Waals surface area contributed by atoms with E-state index >= 15 is 0 Å². The fourth-order valence-corrected chi connectivity index (χ4v) is 7.93. The average Bonchev–Trinajstić information content (AvgIpc) is 3.23. The first kappa shape index (κ1) is 81.9. The van der Waals surface area contributed by atoms with E-state index in [1.165, 1.54) is 0 Å². The predicted octanol–water partition coefficient (Wildman–Crippen LogP) is 1.56. The molecule has 14 N–H and O–H groups in total. The molecule has 0 heterocycles. The van der Waals surface area contributed by atoms with Crippen molar-refractivity contribution in [1.82, 2.24) is 16.0 Å². The number of carboxylic acids is 1. The van der Waals surface area contributed by atoms with E-state index in [0.29, 0.717) is 108 Å². The summed E-state index contributed by atoms with van der Waals surface area (Å²) >= 11 is 0. The molecule has 0 bridgehead atoms. The van der Waals surface area contributed by atoms with E-state index in [0.717, 1.165) is 70.2 Å². The van der Waals surface area contributed by atoms with Gasteiger partial charge < -0.3 is 99.3 Å². The van der Waals surface area contributed by atoms with Crippen molar-refractivity contribution in [2.45, 2.75) is 113 Å². The topological polar surface area (TPSA) is 278 Å². The lowest BCUT2D eigenvalue weighted by Gasteiger charge is -2.37. The van der Waals surface area contributed by atoms with Gasteiger partial charge in [-0.2, -0.15) is 0 Å². The van der Waals surface area contributed by atoms with Crippen LogP contribution >= 0.6 is 0 Å². The molecule has 0 aromatic carbocycles. The van der Waals surface area contributed by atoms with Crippen molar-refractivity contribution in [2.24, 2.45) is 0 Å². The zero-order valence-corrected chi connectivity index (χ0v) is 50.8. The number of rotatable bonds is 42. The molecule has 21 heteroatoms. The highest BCUT2D eigenvalue weighted by atomic mass is 16.5. The molecule has 5 unspecified atom stereocenters. The molecular formula is C55H123N8O13+5. The summed E-state index contributed by atoms with van der Waals surface area (Å²) in [5.74, 6) is -0.143. The van der Waals surface area contributed by atoms with Gasteiger partial charge in [0.05, 0.1) is 106 Å². The average molecular weight is 1100 g/mol. The van der Waals surface area contributed by atoms with E-state index in [4.69, 9.17) is 45.2 Å². The number of hydrogen-bond donors (Lipinski definition) is 14. The first-order chi connectivity index (χ1) is 35.2. The van der Waals surface area contributed by atoms with Crippen molar-refractivity contribution in [2.75, 3.05) is 192 Å². The van der Waals surface area contributed by atoms with Gasteiger partial charge in [0.1, 0.15) is 95.0 Å². The van der Waals surface area contributed by atoms with E-state index < -0.39 is 5.97 Å². The van der Waals surface area contributed by atoms with Crippen LogP contribution < -0.4 is 20.9 Å². The number of likely N-dealkylation sites (N-methyl/N-ethyl adjacent to an activating group) is 3. The number of aliphatic hydroxyl groups is 9. The Kier molecular flexibility index (Phi) is 52.9. The van der Waals surface area contributed by atoms with Crippen LogP contribution in [-0.4, -0.2) is 297 Å². The van der Waals surface area contributed by atoms with Crippen LogP contribution in [0.5, 0.6) is 0 Å². The van der Waals surface area contributed by atoms with Crippen molar-refractivity contribution in [1.29, 1.82) is 0 Å². The third kappa shape index (κ3) is 57.2. The Balaban J connectivity index is -0.000000277. The van der Waals surface area contributed by atoms with Crippen LogP contribution in [0.4, 0.5) is 0 Å². The van der Waals surface area contributed by atoms with E-state index in [1.54, 1.807) is 0 Å². The smallest absolute Gasteiger partial charge is 0.359 e. The molecule has 0 fully saturated rings. The molecule has 5 atom stereocenters. The minimum absolute atomic E-state index is 0.0367. The summed E-state index contributed by atoms with van der Waals surface area (Å²) in [5.41, 5.74) is 0. The summed E-state index contributed by atoms with van der Waals surface area (Å²) in [6, 6.07) is 1.33. The van der Waals surface area contributed by atoms with Crippen LogP contribution in [-0.2, 0) is 14.3 Å². The number of ether oxygens (including phenoxy) is 2. The van der Waals surface area contributed by atoms with Gasteiger partial charge in [0.2, 0.25) is 0 Å². The van der Waals surface area contributed by atoms with Crippen molar-refractivity contribution in [3.05, 3.63) is 49.4 Å². The second kappa shape index (κ2) is 49.1. The third-order valence-corrected chi connectivity index (χ3v) is 11.8. The second-order valence-electron chi connectivity index (χ2n) is 22.2. The highest BCUT2D eigenvalue weighted by Gasteiger charge is 2.29. The molecule has 76 heavy (non-hydrogen) atoms. The van der Waals surface area contributed by atoms with Gasteiger partial charge in [-0.1, -0.05) is 74.8 Å². The van der Waals surface area contributed by atoms with Crippen LogP contribution in [0.15, 0.2) is 49.4 Å². The molecule has 0 saturated carbocycles. The summed E-state index contributed by atoms with van der Waals surface area (Å²) in [7, 11) is 6.00. The Morgan fingerprint density at radius 3 is 1.11 bits per heavy atom. The van der Waals surface area contributed by atoms with E-state index in [-0.39, 0.29) is 74.8 Å². The molecule has 0 rings (SSSR count). The number of aliphatic carboxylic acids is 1. The standard InChI is InChI=1S/C12H26N2O3.2C11H24N2O2.C11H23NO3.C10H21NO3/c1-4-6-14(8-9-15,10-12(16)17)7-5-13-11(2)3;2*1-10(2)12-5-6-13(4,7-8-14)9-11(3)15;1-10(2)15-8-6-12(4,5-7-13)9-11(3)14;1-9(2)14-7-5-11(4-6-12)8-10(3)13/h11,13,15H,4-10H2,1-3H3;2*10,12,14H,3,5-9H2,1-2,4H3;10,13H,3,5-9H2,1-2,4H3;9,12-13H,3-8H2,1-2H3/p+5. The normalized spacial score (nSPS) is 14.8. The minimum Gasteiger partial charge on any atom is -0.507 e. The maximum Gasteiger partial charge on any atom is 0.359 e. The molecule has 0 spiro atoms. The van der Waals surface area contributed by atoms with Crippen LogP contribution in [0.1, 0.15) is 82.6 Å². The Morgan fingerprint density at radius 2 is 0.816 bits per heavy atom. The highest BCUT2D eigenvalue weighted by molar-refractivity contribution is 5.67. The maximum absolute atomic E-state index is 10.9. The minimum atomic E-state index is -0.795. The molecular weight excluding hydrogens is 981 g/mol. The number of carboxylic acid groups (broad SMARTS) is 1. The van der Waals surface area contributed by atoms with Gasteiger partial charge in [0, 0.05) is 37.8 Å². The molecule has 0 aromatic heterocycles. The van der Waals surface area contributed by atoms with Gasteiger partial charge in [0.15, 0.2) is 6.54 Å². The van der Waals surface area contributed by atoms with E-state index in [1.807, 2.05) is 55.8 Å². The summed E-state index contributed by atoms with van der Waals surface area (Å²) in [6.07, 6.45) is 1.36. The number of hydrogen-bond acceptors (Lipinski definition) is 15. The highest BCUT2D eigenvalue weighted by Crippen LogP contribution is 2.09. The summed E-state index contributed by atoms with van der Waals surface area (Å²) in [6.45, 7) is 50.6. The lowest BCUT2D eigenvalue weighted by atomic mass is 10.2. The van der Waals surface area contributed by atoms with Crippen LogP contribution in [0.25, 0.3) is 0 Å². The van der Waals surface area contributed by atoms with Crippen LogP contribution in [0, 0.1) is 0 Å². The van der Waals surface area contributed by atoms with Crippen molar-refractivity contribution in [3.8, 4) is 0 Å². The first-order valence-corrected chi connectivity index (χ1v) is 27.6. The molecule has 0 radical (unpaired) electrons. The van der Waals surface area contributed by atoms with Crippen molar-refractivity contribution < 1.29 is 88.2 Å². The van der Waals surface area contributed by atoms with Gasteiger partial charge in [-0.25, -0.2) is 4.79 Å². The molecule has 0 aliphatic rings. The number of nitrogens with zero attached hydrogens (tertiary/aromatic N) is 4. The molecule has 0 aliphatic heterocycles. The van der Waals surface area contributed by atoms with Crippen molar-refractivity contribution >= 4 is 5.97 Å². The van der Waals surface area contributed by atoms with Crippen LogP contribution in [0.2, 0.25) is 0 Å². The van der Waals surface area contributed by atoms with Gasteiger partial charge in [-0.05, 0) is 34.1 Å². The Hall–Kier alpha value is -2.97. The zero-order chi connectivity index (χ0) is 60.0. The fourth-order valence-electron chi connectivity index (χ4n) is 7.93. The Morgan fingerprint density at radius 1 is 0.461 bits per heavy atom.